The molecule has 0 heterocycles. The second-order valence-corrected chi connectivity index (χ2v) is 8.04. The molecule has 1 aromatic rings. The minimum atomic E-state index is -0.266. The van der Waals surface area contributed by atoms with E-state index >= 15 is 0 Å². The fourth-order valence-corrected chi connectivity index (χ4v) is 4.56. The Morgan fingerprint density at radius 2 is 2.04 bits per heavy atom. The van der Waals surface area contributed by atoms with Crippen LogP contribution >= 0.6 is 0 Å². The number of rotatable bonds is 6. The van der Waals surface area contributed by atoms with Gasteiger partial charge in [-0.05, 0) is 61.0 Å². The van der Waals surface area contributed by atoms with Crippen LogP contribution in [0, 0.1) is 24.7 Å². The summed E-state index contributed by atoms with van der Waals surface area (Å²) in [5, 5.41) is 2.92. The first kappa shape index (κ1) is 18.0. The second kappa shape index (κ2) is 7.59. The fourth-order valence-electron chi connectivity index (χ4n) is 4.56. The van der Waals surface area contributed by atoms with Crippen molar-refractivity contribution >= 4 is 17.6 Å². The van der Waals surface area contributed by atoms with E-state index in [2.05, 4.69) is 19.2 Å². The minimum absolute atomic E-state index is 0.203. The highest BCUT2D eigenvalue weighted by atomic mass is 16.5. The van der Waals surface area contributed by atoms with Gasteiger partial charge in [-0.15, -0.1) is 0 Å². The molecule has 3 rings (SSSR count). The first-order valence-electron chi connectivity index (χ1n) is 9.49. The van der Waals surface area contributed by atoms with Gasteiger partial charge in [0.1, 0.15) is 0 Å². The van der Waals surface area contributed by atoms with Crippen LogP contribution in [0.2, 0.25) is 0 Å². The van der Waals surface area contributed by atoms with Crippen molar-refractivity contribution in [2.45, 2.75) is 58.8 Å². The number of esters is 1. The number of benzene rings is 1. The lowest BCUT2D eigenvalue weighted by molar-refractivity contribution is -0.148. The van der Waals surface area contributed by atoms with Crippen LogP contribution in [0.1, 0.15) is 63.0 Å². The Morgan fingerprint density at radius 3 is 2.68 bits per heavy atom. The number of para-hydroxylation sites is 1. The number of hydrogen-bond acceptors (Lipinski definition) is 3. The van der Waals surface area contributed by atoms with E-state index in [0.29, 0.717) is 24.2 Å². The Kier molecular flexibility index (Phi) is 5.45. The Labute approximate surface area is 150 Å². The molecule has 2 bridgehead atoms. The van der Waals surface area contributed by atoms with Gasteiger partial charge in [0, 0.05) is 12.1 Å². The number of nitrogens with one attached hydrogen (secondary N) is 1. The molecule has 0 radical (unpaired) electrons. The molecule has 3 atom stereocenters. The van der Waals surface area contributed by atoms with Gasteiger partial charge in [0.05, 0.1) is 0 Å². The highest BCUT2D eigenvalue weighted by molar-refractivity contribution is 5.94. The molecule has 0 saturated heterocycles. The van der Waals surface area contributed by atoms with E-state index in [1.165, 1.54) is 19.3 Å². The summed E-state index contributed by atoms with van der Waals surface area (Å²) in [4.78, 5) is 24.3. The topological polar surface area (TPSA) is 55.4 Å². The lowest BCUT2D eigenvalue weighted by Gasteiger charge is -2.20. The van der Waals surface area contributed by atoms with Gasteiger partial charge < -0.3 is 10.1 Å². The van der Waals surface area contributed by atoms with Crippen molar-refractivity contribution in [1.82, 2.24) is 0 Å². The maximum Gasteiger partial charge on any atom is 0.306 e. The zero-order chi connectivity index (χ0) is 18.0. The minimum Gasteiger partial charge on any atom is -0.456 e. The van der Waals surface area contributed by atoms with Crippen LogP contribution in [0.25, 0.3) is 0 Å². The summed E-state index contributed by atoms with van der Waals surface area (Å²) in [5.74, 6) is 1.81. The lowest BCUT2D eigenvalue weighted by Crippen LogP contribution is -2.24. The molecule has 0 unspecified atom stereocenters. The summed E-state index contributed by atoms with van der Waals surface area (Å²) in [6.45, 7) is 5.97. The molecule has 2 fully saturated rings. The molecule has 4 heteroatoms. The third-order valence-electron chi connectivity index (χ3n) is 5.87. The molecule has 1 amide bonds. The van der Waals surface area contributed by atoms with Crippen LogP contribution in [0.15, 0.2) is 18.2 Å². The number of carbonyl (C=O) groups excluding carboxylic acids is 2. The van der Waals surface area contributed by atoms with E-state index in [4.69, 9.17) is 4.74 Å². The highest BCUT2D eigenvalue weighted by Gasteiger charge is 2.40. The first-order chi connectivity index (χ1) is 11.9. The average Bonchev–Trinajstić information content (AvgIpc) is 3.17. The Balaban J connectivity index is 1.49. The monoisotopic (exact) mass is 343 g/mol. The van der Waals surface area contributed by atoms with Crippen LogP contribution in [0.4, 0.5) is 5.69 Å². The highest BCUT2D eigenvalue weighted by Crippen LogP contribution is 2.49. The number of fused-ring (bicyclic) bond motifs is 2. The summed E-state index contributed by atoms with van der Waals surface area (Å²) in [6, 6.07) is 5.99. The van der Waals surface area contributed by atoms with Crippen LogP contribution in [0.3, 0.4) is 0 Å². The zero-order valence-electron chi connectivity index (χ0n) is 15.5. The fraction of sp³-hybridized carbons (Fsp3) is 0.619. The summed E-state index contributed by atoms with van der Waals surface area (Å²) >= 11 is 0. The Bertz CT molecular complexity index is 653. The van der Waals surface area contributed by atoms with Crippen LogP contribution < -0.4 is 5.32 Å². The summed E-state index contributed by atoms with van der Waals surface area (Å²) < 4.78 is 5.23. The van der Waals surface area contributed by atoms with Gasteiger partial charge in [-0.2, -0.15) is 0 Å². The van der Waals surface area contributed by atoms with Crippen LogP contribution in [0.5, 0.6) is 0 Å². The molecule has 2 aliphatic rings. The van der Waals surface area contributed by atoms with E-state index in [1.54, 1.807) is 0 Å². The van der Waals surface area contributed by atoms with Crippen molar-refractivity contribution in [3.63, 3.8) is 0 Å². The van der Waals surface area contributed by atoms with Crippen molar-refractivity contribution in [3.05, 3.63) is 29.3 Å². The van der Waals surface area contributed by atoms with Crippen molar-refractivity contribution < 1.29 is 14.3 Å². The molecule has 0 aliphatic heterocycles. The second-order valence-electron chi connectivity index (χ2n) is 8.04. The maximum atomic E-state index is 12.2. The first-order valence-corrected chi connectivity index (χ1v) is 9.49. The molecule has 1 aromatic carbocycles. The van der Waals surface area contributed by atoms with Crippen molar-refractivity contribution in [3.8, 4) is 0 Å². The van der Waals surface area contributed by atoms with Gasteiger partial charge in [-0.1, -0.05) is 38.5 Å². The van der Waals surface area contributed by atoms with E-state index < -0.39 is 0 Å². The molecule has 2 saturated carbocycles. The quantitative estimate of drug-likeness (QED) is 0.778. The van der Waals surface area contributed by atoms with Gasteiger partial charge in [0.2, 0.25) is 0 Å². The Morgan fingerprint density at radius 1 is 1.24 bits per heavy atom. The van der Waals surface area contributed by atoms with Gasteiger partial charge in [0.15, 0.2) is 6.61 Å². The predicted octanol–water partition coefficient (Wildman–Crippen LogP) is 4.43. The number of ether oxygens (including phenoxy) is 1. The summed E-state index contributed by atoms with van der Waals surface area (Å²) in [7, 11) is 0. The average molecular weight is 343 g/mol. The summed E-state index contributed by atoms with van der Waals surface area (Å²) in [6.07, 6.45) is 5.49. The molecular weight excluding hydrogens is 314 g/mol. The van der Waals surface area contributed by atoms with Crippen molar-refractivity contribution in [1.29, 1.82) is 0 Å². The molecule has 4 nitrogen and oxygen atoms in total. The third kappa shape index (κ3) is 4.23. The van der Waals surface area contributed by atoms with E-state index in [9.17, 15) is 9.59 Å². The van der Waals surface area contributed by atoms with Crippen molar-refractivity contribution in [2.24, 2.45) is 17.8 Å². The van der Waals surface area contributed by atoms with E-state index in [-0.39, 0.29) is 18.5 Å². The van der Waals surface area contributed by atoms with Gasteiger partial charge in [0.25, 0.3) is 5.91 Å². The number of amides is 1. The van der Waals surface area contributed by atoms with E-state index in [1.807, 2.05) is 25.1 Å². The smallest absolute Gasteiger partial charge is 0.306 e. The zero-order valence-corrected chi connectivity index (χ0v) is 15.5. The standard InChI is InChI=1S/C21H29NO3/c1-13(2)18-6-4-5-14(3)21(18)22-19(23)12-25-20(24)11-17-10-15-7-8-16(17)9-15/h4-6,13,15-17H,7-12H2,1-3H3,(H,22,23)/t15-,16+,17+/m0/s1. The lowest BCUT2D eigenvalue weighted by atomic mass is 9.86. The van der Waals surface area contributed by atoms with E-state index in [0.717, 1.165) is 29.2 Å². The molecular formula is C21H29NO3. The Hall–Kier alpha value is -1.84. The van der Waals surface area contributed by atoms with Crippen molar-refractivity contribution in [2.75, 3.05) is 11.9 Å². The number of anilines is 1. The SMILES string of the molecule is Cc1cccc(C(C)C)c1NC(=O)COC(=O)C[C@H]1C[C@H]2CC[C@@H]1C2. The number of hydrogen-bond donors (Lipinski definition) is 1. The largest absolute Gasteiger partial charge is 0.456 e. The van der Waals surface area contributed by atoms with Gasteiger partial charge in [-0.25, -0.2) is 0 Å². The predicted molar refractivity (Wildman–Crippen MR) is 98.4 cm³/mol. The number of aryl methyl sites for hydroxylation is 1. The van der Waals surface area contributed by atoms with Gasteiger partial charge in [-0.3, -0.25) is 9.59 Å². The molecule has 1 N–H and O–H groups in total. The maximum absolute atomic E-state index is 12.2. The molecule has 136 valence electrons. The normalized spacial score (nSPS) is 24.6. The van der Waals surface area contributed by atoms with Crippen LogP contribution in [-0.2, 0) is 14.3 Å². The third-order valence-corrected chi connectivity index (χ3v) is 5.87. The summed E-state index contributed by atoms with van der Waals surface area (Å²) in [5.41, 5.74) is 2.96. The van der Waals surface area contributed by atoms with Crippen LogP contribution in [-0.4, -0.2) is 18.5 Å². The molecule has 25 heavy (non-hydrogen) atoms. The molecule has 2 aliphatic carbocycles. The molecule has 0 spiro atoms. The number of carbonyl (C=O) groups is 2. The molecule has 0 aromatic heterocycles. The van der Waals surface area contributed by atoms with Gasteiger partial charge >= 0.3 is 5.97 Å².